The van der Waals surface area contributed by atoms with Gasteiger partial charge in [-0.3, -0.25) is 9.59 Å². The van der Waals surface area contributed by atoms with Gasteiger partial charge in [0.15, 0.2) is 0 Å². The number of rotatable bonds is 1. The van der Waals surface area contributed by atoms with Crippen molar-refractivity contribution in [2.45, 2.75) is 77.7 Å². The van der Waals surface area contributed by atoms with Gasteiger partial charge in [0, 0.05) is 25.2 Å². The standard InChI is InChI=1S/C22H32O3/c1-20-8-6-13(23)10-17(20)18(24)11-14-15-4-5-19(22(3)12-25-22)21(15,2)9-7-16(14)20/h14-17,19H,4-12H2,1-3H3/t14-,15-,16+,17+,19-,20+,21-,22-/m0/s1. The number of ether oxygens (including phenoxy) is 1. The van der Waals surface area contributed by atoms with Crippen LogP contribution in [0.2, 0.25) is 0 Å². The number of carbonyl (C=O) groups excluding carboxylic acids is 2. The van der Waals surface area contributed by atoms with E-state index >= 15 is 0 Å². The summed E-state index contributed by atoms with van der Waals surface area (Å²) in [7, 11) is 0. The Morgan fingerprint density at radius 1 is 0.920 bits per heavy atom. The minimum absolute atomic E-state index is 0.0147. The Kier molecular flexibility index (Phi) is 3.27. The van der Waals surface area contributed by atoms with Gasteiger partial charge in [-0.1, -0.05) is 13.8 Å². The summed E-state index contributed by atoms with van der Waals surface area (Å²) in [5, 5.41) is 0. The van der Waals surface area contributed by atoms with E-state index in [2.05, 4.69) is 20.8 Å². The van der Waals surface area contributed by atoms with Crippen molar-refractivity contribution in [1.29, 1.82) is 0 Å². The van der Waals surface area contributed by atoms with Gasteiger partial charge in [-0.05, 0) is 73.5 Å². The van der Waals surface area contributed by atoms with Crippen LogP contribution in [0.4, 0.5) is 0 Å². The molecule has 0 amide bonds. The lowest BCUT2D eigenvalue weighted by atomic mass is 9.44. The first-order chi connectivity index (χ1) is 11.8. The van der Waals surface area contributed by atoms with Crippen LogP contribution < -0.4 is 0 Å². The molecule has 5 aliphatic rings. The number of Topliss-reactive ketones (excluding diaryl/α,β-unsaturated/α-hetero) is 2. The topological polar surface area (TPSA) is 46.7 Å². The Hall–Kier alpha value is -0.700. The van der Waals surface area contributed by atoms with E-state index in [4.69, 9.17) is 4.74 Å². The number of hydrogen-bond acceptors (Lipinski definition) is 3. The average molecular weight is 344 g/mol. The van der Waals surface area contributed by atoms with Crippen molar-refractivity contribution in [2.24, 2.45) is 40.4 Å². The van der Waals surface area contributed by atoms with Gasteiger partial charge in [-0.2, -0.15) is 0 Å². The van der Waals surface area contributed by atoms with Crippen molar-refractivity contribution in [3.63, 3.8) is 0 Å². The number of ketones is 2. The van der Waals surface area contributed by atoms with Gasteiger partial charge in [0.25, 0.3) is 0 Å². The highest BCUT2D eigenvalue weighted by atomic mass is 16.6. The Bertz CT molecular complexity index is 635. The molecule has 0 bridgehead atoms. The van der Waals surface area contributed by atoms with Crippen LogP contribution in [-0.4, -0.2) is 23.8 Å². The zero-order chi connectivity index (χ0) is 17.6. The molecule has 3 heteroatoms. The molecule has 1 aliphatic heterocycles. The molecule has 0 radical (unpaired) electrons. The second kappa shape index (κ2) is 4.97. The molecule has 4 saturated carbocycles. The number of epoxide rings is 1. The van der Waals surface area contributed by atoms with Crippen molar-refractivity contribution in [1.82, 2.24) is 0 Å². The van der Waals surface area contributed by atoms with Crippen molar-refractivity contribution >= 4 is 11.6 Å². The molecule has 0 spiro atoms. The van der Waals surface area contributed by atoms with Crippen LogP contribution in [-0.2, 0) is 14.3 Å². The minimum atomic E-state index is 0.0147. The van der Waals surface area contributed by atoms with Crippen molar-refractivity contribution in [3.05, 3.63) is 0 Å². The van der Waals surface area contributed by atoms with Gasteiger partial charge in [-0.15, -0.1) is 0 Å². The second-order valence-electron chi connectivity index (χ2n) is 10.6. The van der Waals surface area contributed by atoms with Crippen molar-refractivity contribution in [3.8, 4) is 0 Å². The number of hydrogen-bond donors (Lipinski definition) is 0. The van der Waals surface area contributed by atoms with Crippen LogP contribution in [0, 0.1) is 40.4 Å². The molecule has 0 N–H and O–H groups in total. The molecule has 1 saturated heterocycles. The Morgan fingerprint density at radius 2 is 1.64 bits per heavy atom. The average Bonchev–Trinajstić information content (AvgIpc) is 3.18. The van der Waals surface area contributed by atoms with Crippen molar-refractivity contribution < 1.29 is 14.3 Å². The summed E-state index contributed by atoms with van der Waals surface area (Å²) in [6.45, 7) is 8.07. The van der Waals surface area contributed by atoms with E-state index in [0.717, 1.165) is 19.4 Å². The lowest BCUT2D eigenvalue weighted by Crippen LogP contribution is -2.57. The van der Waals surface area contributed by atoms with Crippen LogP contribution in [0.3, 0.4) is 0 Å². The maximum absolute atomic E-state index is 13.0. The quantitative estimate of drug-likeness (QED) is 0.670. The molecule has 138 valence electrons. The largest absolute Gasteiger partial charge is 0.370 e. The van der Waals surface area contributed by atoms with Gasteiger partial charge in [0.1, 0.15) is 11.6 Å². The lowest BCUT2D eigenvalue weighted by molar-refractivity contribution is -0.159. The molecule has 5 fully saturated rings. The molecule has 0 aromatic rings. The molecular formula is C22H32O3. The summed E-state index contributed by atoms with van der Waals surface area (Å²) < 4.78 is 5.86. The van der Waals surface area contributed by atoms with Crippen molar-refractivity contribution in [2.75, 3.05) is 6.61 Å². The normalized spacial score (nSPS) is 57.6. The van der Waals surface area contributed by atoms with Crippen LogP contribution in [0.5, 0.6) is 0 Å². The molecule has 25 heavy (non-hydrogen) atoms. The third-order valence-electron chi connectivity index (χ3n) is 9.62. The van der Waals surface area contributed by atoms with Gasteiger partial charge in [-0.25, -0.2) is 0 Å². The highest BCUT2D eigenvalue weighted by Crippen LogP contribution is 2.69. The van der Waals surface area contributed by atoms with E-state index in [0.29, 0.717) is 53.5 Å². The van der Waals surface area contributed by atoms with Crippen LogP contribution in [0.15, 0.2) is 0 Å². The zero-order valence-corrected chi connectivity index (χ0v) is 16.0. The summed E-state index contributed by atoms with van der Waals surface area (Å²) in [5.41, 5.74) is 0.534. The molecule has 5 rings (SSSR count). The third kappa shape index (κ3) is 2.08. The molecule has 0 aromatic carbocycles. The first-order valence-corrected chi connectivity index (χ1v) is 10.5. The first-order valence-electron chi connectivity index (χ1n) is 10.5. The van der Waals surface area contributed by atoms with E-state index in [-0.39, 0.29) is 16.9 Å². The summed E-state index contributed by atoms with van der Waals surface area (Å²) >= 11 is 0. The monoisotopic (exact) mass is 344 g/mol. The fourth-order valence-electron chi connectivity index (χ4n) is 8.15. The Morgan fingerprint density at radius 3 is 2.36 bits per heavy atom. The molecule has 8 atom stereocenters. The van der Waals surface area contributed by atoms with E-state index in [1.165, 1.54) is 25.7 Å². The smallest absolute Gasteiger partial charge is 0.137 e. The van der Waals surface area contributed by atoms with Gasteiger partial charge < -0.3 is 4.74 Å². The molecule has 0 aromatic heterocycles. The molecule has 4 aliphatic carbocycles. The van der Waals surface area contributed by atoms with E-state index in [1.807, 2.05) is 0 Å². The van der Waals surface area contributed by atoms with Gasteiger partial charge in [0.05, 0.1) is 12.2 Å². The van der Waals surface area contributed by atoms with Crippen LogP contribution in [0.25, 0.3) is 0 Å². The number of fused-ring (bicyclic) bond motifs is 5. The Balaban J connectivity index is 1.48. The van der Waals surface area contributed by atoms with E-state index in [9.17, 15) is 9.59 Å². The lowest BCUT2D eigenvalue weighted by Gasteiger charge is -2.59. The summed E-state index contributed by atoms with van der Waals surface area (Å²) in [5.74, 6) is 3.27. The summed E-state index contributed by atoms with van der Waals surface area (Å²) in [4.78, 5) is 25.0. The molecule has 0 unspecified atom stereocenters. The zero-order valence-electron chi connectivity index (χ0n) is 16.0. The SMILES string of the molecule is C[C@]12CCC(=O)C[C@@H]1C(=O)C[C@@H]1[C@H]2CC[C@@]2(C)[C@H]1CC[C@@H]2[C@]1(C)CO1. The fourth-order valence-corrected chi connectivity index (χ4v) is 8.15. The number of carbonyl (C=O) groups is 2. The molecule has 1 heterocycles. The predicted molar refractivity (Wildman–Crippen MR) is 95.0 cm³/mol. The Labute approximate surface area is 151 Å². The highest BCUT2D eigenvalue weighted by Gasteiger charge is 2.66. The van der Waals surface area contributed by atoms with E-state index in [1.54, 1.807) is 0 Å². The second-order valence-corrected chi connectivity index (χ2v) is 10.6. The van der Waals surface area contributed by atoms with E-state index < -0.39 is 0 Å². The maximum atomic E-state index is 13.0. The summed E-state index contributed by atoms with van der Waals surface area (Å²) in [6, 6.07) is 0. The molecule has 3 nitrogen and oxygen atoms in total. The van der Waals surface area contributed by atoms with Crippen LogP contribution in [0.1, 0.15) is 72.1 Å². The first kappa shape index (κ1) is 16.5. The highest BCUT2D eigenvalue weighted by molar-refractivity contribution is 5.90. The van der Waals surface area contributed by atoms with Gasteiger partial charge >= 0.3 is 0 Å². The maximum Gasteiger partial charge on any atom is 0.137 e. The molecular weight excluding hydrogens is 312 g/mol. The third-order valence-corrected chi connectivity index (χ3v) is 9.62. The van der Waals surface area contributed by atoms with Gasteiger partial charge in [0.2, 0.25) is 0 Å². The summed E-state index contributed by atoms with van der Waals surface area (Å²) in [6.07, 6.45) is 7.97. The fraction of sp³-hybridized carbons (Fsp3) is 0.909. The predicted octanol–water partition coefficient (Wildman–Crippen LogP) is 4.18. The van der Waals surface area contributed by atoms with Crippen LogP contribution >= 0.6 is 0 Å². The minimum Gasteiger partial charge on any atom is -0.370 e.